The maximum absolute atomic E-state index is 13.7. The minimum atomic E-state index is -3.54. The summed E-state index contributed by atoms with van der Waals surface area (Å²) in [6.45, 7) is 0. The number of rotatable bonds is 6. The summed E-state index contributed by atoms with van der Waals surface area (Å²) in [5.41, 5.74) is -3.32. The maximum Gasteiger partial charge on any atom is 0.287 e. The Morgan fingerprint density at radius 3 is 2.47 bits per heavy atom. The van der Waals surface area contributed by atoms with Crippen LogP contribution < -0.4 is 9.47 Å². The average Bonchev–Trinajstić information content (AvgIpc) is 3.21. The molecule has 2 heterocycles. The fourth-order valence-corrected chi connectivity index (χ4v) is 3.72. The lowest BCUT2D eigenvalue weighted by molar-refractivity contribution is -0.164. The van der Waals surface area contributed by atoms with Crippen molar-refractivity contribution in [3.63, 3.8) is 0 Å². The quantitative estimate of drug-likeness (QED) is 0.534. The molecule has 0 saturated carbocycles. The van der Waals surface area contributed by atoms with Gasteiger partial charge in [-0.1, -0.05) is 18.2 Å². The average molecular weight is 477 g/mol. The van der Waals surface area contributed by atoms with Crippen LogP contribution in [-0.4, -0.2) is 59.5 Å². The van der Waals surface area contributed by atoms with Crippen LogP contribution in [0.5, 0.6) is 11.5 Å². The number of ether oxygens (including phenoxy) is 2. The van der Waals surface area contributed by atoms with Crippen LogP contribution in [0.2, 0.25) is 0 Å². The summed E-state index contributed by atoms with van der Waals surface area (Å²) in [6.07, 6.45) is -7.92. The van der Waals surface area contributed by atoms with Gasteiger partial charge in [0.05, 0.1) is 31.0 Å². The van der Waals surface area contributed by atoms with E-state index in [0.29, 0.717) is 22.6 Å². The molecule has 34 heavy (non-hydrogen) atoms. The van der Waals surface area contributed by atoms with E-state index < -0.39 is 36.6 Å². The molecule has 2 aromatic carbocycles. The minimum absolute atomic E-state index is 0.0377. The smallest absolute Gasteiger partial charge is 0.287 e. The van der Waals surface area contributed by atoms with Crippen molar-refractivity contribution >= 4 is 22.5 Å². The van der Waals surface area contributed by atoms with Gasteiger partial charge in [0.1, 0.15) is 17.2 Å². The van der Waals surface area contributed by atoms with Gasteiger partial charge in [0.25, 0.3) is 18.8 Å². The third-order valence-electron chi connectivity index (χ3n) is 5.46. The number of halogens is 4. The summed E-state index contributed by atoms with van der Waals surface area (Å²) in [6, 6.07) is 12.6. The summed E-state index contributed by atoms with van der Waals surface area (Å²) < 4.78 is 64.4. The number of hydrazone groups is 1. The van der Waals surface area contributed by atoms with E-state index in [1.807, 2.05) is 0 Å². The predicted molar refractivity (Wildman–Crippen MR) is 115 cm³/mol. The van der Waals surface area contributed by atoms with E-state index in [-0.39, 0.29) is 21.7 Å². The van der Waals surface area contributed by atoms with Crippen LogP contribution >= 0.6 is 0 Å². The highest BCUT2D eigenvalue weighted by atomic mass is 19.3. The van der Waals surface area contributed by atoms with Gasteiger partial charge in [-0.3, -0.25) is 4.79 Å². The highest BCUT2D eigenvalue weighted by Crippen LogP contribution is 2.37. The molecule has 0 aliphatic carbocycles. The molecule has 1 aliphatic heterocycles. The van der Waals surface area contributed by atoms with Crippen molar-refractivity contribution in [3.05, 3.63) is 54.1 Å². The molecule has 1 unspecified atom stereocenters. The van der Waals surface area contributed by atoms with E-state index in [2.05, 4.69) is 10.1 Å². The molecular weight excluding hydrogens is 458 g/mol. The molecule has 0 spiro atoms. The Kier molecular flexibility index (Phi) is 6.13. The van der Waals surface area contributed by atoms with Crippen LogP contribution in [0.3, 0.4) is 0 Å². The van der Waals surface area contributed by atoms with Crippen molar-refractivity contribution in [2.24, 2.45) is 5.10 Å². The molecule has 0 saturated heterocycles. The first kappa shape index (κ1) is 23.4. The standard InChI is InChI=1S/C23H19F4N3O4/c1-33-12-7-8-14(19(9-12)34-2)17-10-15(13-5-3-4-6-16(13)28-17)21(31)30-23(32,22(26)27)11-18(29-30)20(24)25/h3-10,20,22,32H,11H2,1-2H3. The van der Waals surface area contributed by atoms with Gasteiger partial charge < -0.3 is 14.6 Å². The first-order chi connectivity index (χ1) is 16.2. The van der Waals surface area contributed by atoms with Crippen LogP contribution in [0.25, 0.3) is 22.2 Å². The lowest BCUT2D eigenvalue weighted by atomic mass is 10.0. The number of hydrogen-bond donors (Lipinski definition) is 1. The number of aromatic nitrogens is 1. The van der Waals surface area contributed by atoms with Gasteiger partial charge in [0.15, 0.2) is 0 Å². The molecule has 0 fully saturated rings. The summed E-state index contributed by atoms with van der Waals surface area (Å²) in [4.78, 5) is 17.9. The van der Waals surface area contributed by atoms with Gasteiger partial charge in [-0.25, -0.2) is 22.5 Å². The fourth-order valence-electron chi connectivity index (χ4n) is 3.72. The fraction of sp³-hybridized carbons (Fsp3) is 0.261. The Labute approximate surface area is 191 Å². The number of methoxy groups -OCH3 is 2. The molecule has 7 nitrogen and oxygen atoms in total. The van der Waals surface area contributed by atoms with Gasteiger partial charge in [0.2, 0.25) is 5.72 Å². The third kappa shape index (κ3) is 3.92. The molecule has 0 radical (unpaired) electrons. The van der Waals surface area contributed by atoms with Crippen LogP contribution in [0.1, 0.15) is 16.8 Å². The van der Waals surface area contributed by atoms with E-state index in [4.69, 9.17) is 9.47 Å². The second kappa shape index (κ2) is 8.90. The summed E-state index contributed by atoms with van der Waals surface area (Å²) in [5.74, 6) is -0.305. The number of amides is 1. The number of alkyl halides is 4. The van der Waals surface area contributed by atoms with E-state index in [1.54, 1.807) is 36.4 Å². The highest BCUT2D eigenvalue weighted by Gasteiger charge is 2.53. The van der Waals surface area contributed by atoms with Crippen molar-refractivity contribution < 1.29 is 36.9 Å². The Balaban J connectivity index is 1.90. The van der Waals surface area contributed by atoms with Crippen LogP contribution in [-0.2, 0) is 0 Å². The SMILES string of the molecule is COc1ccc(-c2cc(C(=O)N3N=C(C(F)F)CC3(O)C(F)F)c3ccccc3n2)c(OC)c1. The van der Waals surface area contributed by atoms with Gasteiger partial charge in [-0.2, -0.15) is 10.1 Å². The van der Waals surface area contributed by atoms with Crippen molar-refractivity contribution in [1.29, 1.82) is 0 Å². The number of aliphatic hydroxyl groups is 1. The summed E-state index contributed by atoms with van der Waals surface area (Å²) in [7, 11) is 2.91. The number of carbonyl (C=O) groups excluding carboxylic acids is 1. The number of carbonyl (C=O) groups is 1. The number of hydrogen-bond acceptors (Lipinski definition) is 6. The molecular formula is C23H19F4N3O4. The summed E-state index contributed by atoms with van der Waals surface area (Å²) in [5, 5.41) is 14.1. The van der Waals surface area contributed by atoms with Gasteiger partial charge in [0, 0.05) is 23.4 Å². The maximum atomic E-state index is 13.7. The molecule has 3 aromatic rings. The molecule has 4 rings (SSSR count). The Morgan fingerprint density at radius 1 is 1.09 bits per heavy atom. The monoisotopic (exact) mass is 477 g/mol. The molecule has 1 aromatic heterocycles. The topological polar surface area (TPSA) is 84.2 Å². The number of para-hydroxylation sites is 1. The zero-order chi connectivity index (χ0) is 24.6. The lowest BCUT2D eigenvalue weighted by Gasteiger charge is -2.30. The number of benzene rings is 2. The van der Waals surface area contributed by atoms with Gasteiger partial charge in [-0.05, 0) is 24.3 Å². The van der Waals surface area contributed by atoms with Crippen molar-refractivity contribution in [1.82, 2.24) is 9.99 Å². The van der Waals surface area contributed by atoms with Crippen molar-refractivity contribution in [3.8, 4) is 22.8 Å². The van der Waals surface area contributed by atoms with E-state index >= 15 is 0 Å². The number of nitrogens with zero attached hydrogens (tertiary/aromatic N) is 3. The van der Waals surface area contributed by atoms with E-state index in [1.165, 1.54) is 26.4 Å². The molecule has 1 amide bonds. The molecule has 11 heteroatoms. The minimum Gasteiger partial charge on any atom is -0.497 e. The number of fused-ring (bicyclic) bond motifs is 1. The number of pyridine rings is 1. The van der Waals surface area contributed by atoms with Crippen molar-refractivity contribution in [2.45, 2.75) is 25.0 Å². The predicted octanol–water partition coefficient (Wildman–Crippen LogP) is 4.34. The molecule has 1 N–H and O–H groups in total. The van der Waals surface area contributed by atoms with Crippen LogP contribution in [0, 0.1) is 0 Å². The normalized spacial score (nSPS) is 18.0. The second-order valence-corrected chi connectivity index (χ2v) is 7.50. The largest absolute Gasteiger partial charge is 0.497 e. The highest BCUT2D eigenvalue weighted by molar-refractivity contribution is 6.08. The van der Waals surface area contributed by atoms with E-state index in [9.17, 15) is 27.5 Å². The molecule has 178 valence electrons. The summed E-state index contributed by atoms with van der Waals surface area (Å²) >= 11 is 0. The van der Waals surface area contributed by atoms with Gasteiger partial charge >= 0.3 is 0 Å². The lowest BCUT2D eigenvalue weighted by Crippen LogP contribution is -2.51. The molecule has 0 bridgehead atoms. The first-order valence-electron chi connectivity index (χ1n) is 10.0. The molecule has 1 atom stereocenters. The zero-order valence-electron chi connectivity index (χ0n) is 18.0. The second-order valence-electron chi connectivity index (χ2n) is 7.50. The Morgan fingerprint density at radius 2 is 1.82 bits per heavy atom. The first-order valence-corrected chi connectivity index (χ1v) is 10.0. The van der Waals surface area contributed by atoms with E-state index in [0.717, 1.165) is 0 Å². The van der Waals surface area contributed by atoms with Gasteiger partial charge in [-0.15, -0.1) is 0 Å². The van der Waals surface area contributed by atoms with Crippen LogP contribution in [0.15, 0.2) is 53.6 Å². The van der Waals surface area contributed by atoms with Crippen molar-refractivity contribution in [2.75, 3.05) is 14.2 Å². The third-order valence-corrected chi connectivity index (χ3v) is 5.46. The Hall–Kier alpha value is -3.73. The zero-order valence-corrected chi connectivity index (χ0v) is 18.0. The molecule has 1 aliphatic rings. The van der Waals surface area contributed by atoms with Crippen LogP contribution in [0.4, 0.5) is 17.6 Å². The Bertz CT molecular complexity index is 1280.